The molecule has 0 aromatic carbocycles. The molecule has 1 aliphatic carbocycles. The van der Waals surface area contributed by atoms with Gasteiger partial charge in [0.1, 0.15) is 12.2 Å². The molecular weight excluding hydrogens is 190 g/mol. The minimum absolute atomic E-state index is 0.00782. The number of hydrogen-bond acceptors (Lipinski definition) is 6. The van der Waals surface area contributed by atoms with Crippen LogP contribution in [-0.2, 0) is 0 Å². The first-order valence-electron chi connectivity index (χ1n) is 4.59. The van der Waals surface area contributed by atoms with Crippen molar-refractivity contribution in [3.63, 3.8) is 0 Å². The standard InChI is InChI=1S/C8H17NO5/c9-3-1-5(11)7(13)8(14)6(12)2-4(3)10/h3-8,10-14H,1-2,9H2. The molecule has 6 nitrogen and oxygen atoms in total. The van der Waals surface area contributed by atoms with Gasteiger partial charge in [-0.2, -0.15) is 0 Å². The first-order valence-corrected chi connectivity index (χ1v) is 4.59. The fraction of sp³-hybridized carbons (Fsp3) is 1.00. The summed E-state index contributed by atoms with van der Waals surface area (Å²) in [5, 5.41) is 46.7. The molecule has 14 heavy (non-hydrogen) atoms. The van der Waals surface area contributed by atoms with Crippen LogP contribution in [0.5, 0.6) is 0 Å². The second-order valence-corrected chi connectivity index (χ2v) is 3.82. The quantitative estimate of drug-likeness (QED) is 0.250. The minimum Gasteiger partial charge on any atom is -0.391 e. The molecule has 1 saturated carbocycles. The fourth-order valence-electron chi connectivity index (χ4n) is 1.59. The lowest BCUT2D eigenvalue weighted by atomic mass is 9.88. The molecule has 0 aromatic rings. The zero-order valence-electron chi connectivity index (χ0n) is 7.69. The van der Waals surface area contributed by atoms with E-state index in [4.69, 9.17) is 5.73 Å². The normalized spacial score (nSPS) is 51.0. The van der Waals surface area contributed by atoms with Gasteiger partial charge in [-0.15, -0.1) is 0 Å². The summed E-state index contributed by atoms with van der Waals surface area (Å²) in [6.45, 7) is 0. The number of rotatable bonds is 0. The summed E-state index contributed by atoms with van der Waals surface area (Å²) in [6.07, 6.45) is -6.48. The fourth-order valence-corrected chi connectivity index (χ4v) is 1.59. The second-order valence-electron chi connectivity index (χ2n) is 3.82. The first-order chi connectivity index (χ1) is 6.43. The molecule has 6 unspecified atom stereocenters. The van der Waals surface area contributed by atoms with E-state index in [1.165, 1.54) is 0 Å². The van der Waals surface area contributed by atoms with Gasteiger partial charge in [0.05, 0.1) is 18.3 Å². The molecule has 6 heteroatoms. The molecule has 0 spiro atoms. The first kappa shape index (κ1) is 11.8. The van der Waals surface area contributed by atoms with Gasteiger partial charge in [-0.05, 0) is 6.42 Å². The van der Waals surface area contributed by atoms with Crippen molar-refractivity contribution >= 4 is 0 Å². The highest BCUT2D eigenvalue weighted by atomic mass is 16.4. The zero-order valence-corrected chi connectivity index (χ0v) is 7.69. The molecule has 1 fully saturated rings. The van der Waals surface area contributed by atoms with Gasteiger partial charge < -0.3 is 31.3 Å². The predicted molar refractivity (Wildman–Crippen MR) is 47.2 cm³/mol. The highest BCUT2D eigenvalue weighted by Crippen LogP contribution is 2.18. The van der Waals surface area contributed by atoms with Crippen LogP contribution in [0.3, 0.4) is 0 Å². The largest absolute Gasteiger partial charge is 0.391 e. The van der Waals surface area contributed by atoms with Gasteiger partial charge in [-0.1, -0.05) is 0 Å². The maximum Gasteiger partial charge on any atom is 0.108 e. The van der Waals surface area contributed by atoms with Crippen molar-refractivity contribution in [2.45, 2.75) is 49.4 Å². The van der Waals surface area contributed by atoms with Gasteiger partial charge in [-0.3, -0.25) is 0 Å². The van der Waals surface area contributed by atoms with Gasteiger partial charge in [0.15, 0.2) is 0 Å². The van der Waals surface area contributed by atoms with Crippen molar-refractivity contribution in [3.05, 3.63) is 0 Å². The van der Waals surface area contributed by atoms with E-state index in [0.717, 1.165) is 0 Å². The van der Waals surface area contributed by atoms with Crippen LogP contribution in [0.25, 0.3) is 0 Å². The molecule has 0 aliphatic heterocycles. The Morgan fingerprint density at radius 1 is 0.714 bits per heavy atom. The molecule has 84 valence electrons. The third kappa shape index (κ3) is 2.41. The third-order valence-corrected chi connectivity index (χ3v) is 2.63. The Morgan fingerprint density at radius 2 is 1.14 bits per heavy atom. The molecule has 6 atom stereocenters. The van der Waals surface area contributed by atoms with Gasteiger partial charge >= 0.3 is 0 Å². The summed E-state index contributed by atoms with van der Waals surface area (Å²) in [6, 6.07) is -0.707. The maximum atomic E-state index is 9.39. The highest BCUT2D eigenvalue weighted by molar-refractivity contribution is 4.90. The summed E-state index contributed by atoms with van der Waals surface area (Å²) in [4.78, 5) is 0. The Labute approximate surface area is 81.6 Å². The monoisotopic (exact) mass is 207 g/mol. The van der Waals surface area contributed by atoms with Crippen LogP contribution in [0.15, 0.2) is 0 Å². The molecule has 0 heterocycles. The molecule has 0 radical (unpaired) electrons. The Morgan fingerprint density at radius 3 is 1.64 bits per heavy atom. The Hall–Kier alpha value is -0.240. The van der Waals surface area contributed by atoms with Crippen LogP contribution in [0.2, 0.25) is 0 Å². The lowest BCUT2D eigenvalue weighted by molar-refractivity contribution is -0.129. The van der Waals surface area contributed by atoms with Gasteiger partial charge in [0.2, 0.25) is 0 Å². The number of aliphatic hydroxyl groups is 5. The molecule has 0 aromatic heterocycles. The molecule has 0 amide bonds. The van der Waals surface area contributed by atoms with Crippen molar-refractivity contribution in [3.8, 4) is 0 Å². The van der Waals surface area contributed by atoms with Crippen LogP contribution in [0.4, 0.5) is 0 Å². The Kier molecular flexibility index (Phi) is 3.82. The third-order valence-electron chi connectivity index (χ3n) is 2.63. The van der Waals surface area contributed by atoms with Crippen LogP contribution in [0.1, 0.15) is 12.8 Å². The maximum absolute atomic E-state index is 9.39. The van der Waals surface area contributed by atoms with Crippen LogP contribution < -0.4 is 5.73 Å². The van der Waals surface area contributed by atoms with Crippen molar-refractivity contribution in [2.75, 3.05) is 0 Å². The molecular formula is C8H17NO5. The topological polar surface area (TPSA) is 127 Å². The number of hydrogen-bond donors (Lipinski definition) is 6. The van der Waals surface area contributed by atoms with Crippen molar-refractivity contribution in [2.24, 2.45) is 5.73 Å². The van der Waals surface area contributed by atoms with Gasteiger partial charge in [-0.25, -0.2) is 0 Å². The zero-order chi connectivity index (χ0) is 10.9. The van der Waals surface area contributed by atoms with Crippen molar-refractivity contribution in [1.29, 1.82) is 0 Å². The molecule has 0 bridgehead atoms. The lowest BCUT2D eigenvalue weighted by Crippen LogP contribution is -2.53. The number of aliphatic hydroxyl groups excluding tert-OH is 5. The van der Waals surface area contributed by atoms with Crippen LogP contribution >= 0.6 is 0 Å². The Balaban J connectivity index is 2.72. The van der Waals surface area contributed by atoms with Crippen molar-refractivity contribution < 1.29 is 25.5 Å². The van der Waals surface area contributed by atoms with E-state index in [1.54, 1.807) is 0 Å². The number of nitrogens with two attached hydrogens (primary N) is 1. The van der Waals surface area contributed by atoms with E-state index in [9.17, 15) is 25.5 Å². The molecule has 1 aliphatic rings. The summed E-state index contributed by atoms with van der Waals surface area (Å²) >= 11 is 0. The summed E-state index contributed by atoms with van der Waals surface area (Å²) in [7, 11) is 0. The minimum atomic E-state index is -1.45. The molecule has 0 saturated heterocycles. The van der Waals surface area contributed by atoms with E-state index in [1.807, 2.05) is 0 Å². The highest BCUT2D eigenvalue weighted by Gasteiger charge is 2.36. The summed E-state index contributed by atoms with van der Waals surface area (Å²) < 4.78 is 0. The summed E-state index contributed by atoms with van der Waals surface area (Å²) in [5.74, 6) is 0. The molecule has 7 N–H and O–H groups in total. The van der Waals surface area contributed by atoms with E-state index >= 15 is 0 Å². The van der Waals surface area contributed by atoms with Crippen molar-refractivity contribution in [1.82, 2.24) is 0 Å². The van der Waals surface area contributed by atoms with Crippen LogP contribution in [-0.4, -0.2) is 62.1 Å². The predicted octanol–water partition coefficient (Wildman–Crippen LogP) is -3.09. The SMILES string of the molecule is NC1CC(O)C(O)C(O)C(O)CC1O. The van der Waals surface area contributed by atoms with Gasteiger partial charge in [0.25, 0.3) is 0 Å². The second kappa shape index (κ2) is 4.52. The van der Waals surface area contributed by atoms with E-state index < -0.39 is 36.6 Å². The average Bonchev–Trinajstić information content (AvgIpc) is 2.13. The van der Waals surface area contributed by atoms with Gasteiger partial charge in [0, 0.05) is 12.5 Å². The molecule has 1 rings (SSSR count). The Bertz CT molecular complexity index is 171. The van der Waals surface area contributed by atoms with E-state index in [2.05, 4.69) is 0 Å². The van der Waals surface area contributed by atoms with E-state index in [0.29, 0.717) is 0 Å². The van der Waals surface area contributed by atoms with E-state index in [-0.39, 0.29) is 12.8 Å². The smallest absolute Gasteiger partial charge is 0.108 e. The summed E-state index contributed by atoms with van der Waals surface area (Å²) in [5.41, 5.74) is 5.49. The lowest BCUT2D eigenvalue weighted by Gasteiger charge is -2.33. The average molecular weight is 207 g/mol. The van der Waals surface area contributed by atoms with Crippen LogP contribution in [0, 0.1) is 0 Å².